The monoisotopic (exact) mass is 434 g/mol. The minimum absolute atomic E-state index is 0.0820. The fraction of sp³-hybridized carbons (Fsp3) is 0.364. The van der Waals surface area contributed by atoms with Gasteiger partial charge in [0.1, 0.15) is 5.82 Å². The highest BCUT2D eigenvalue weighted by molar-refractivity contribution is 6.33. The van der Waals surface area contributed by atoms with Crippen LogP contribution in [-0.2, 0) is 4.79 Å². The van der Waals surface area contributed by atoms with Crippen LogP contribution in [0.1, 0.15) is 23.7 Å². The lowest BCUT2D eigenvalue weighted by molar-refractivity contribution is -0.133. The molecular formula is C22H24ClFN2O4. The summed E-state index contributed by atoms with van der Waals surface area (Å²) in [5.74, 6) is -0.199. The quantitative estimate of drug-likeness (QED) is 0.696. The van der Waals surface area contributed by atoms with E-state index in [0.717, 1.165) is 0 Å². The topological polar surface area (TPSA) is 59.1 Å². The van der Waals surface area contributed by atoms with Crippen LogP contribution in [0.15, 0.2) is 42.5 Å². The minimum atomic E-state index is -0.647. The lowest BCUT2D eigenvalue weighted by Gasteiger charge is -2.23. The Morgan fingerprint density at radius 1 is 0.967 bits per heavy atom. The molecule has 1 aliphatic rings. The fourth-order valence-electron chi connectivity index (χ4n) is 3.31. The van der Waals surface area contributed by atoms with E-state index < -0.39 is 11.7 Å². The predicted octanol–water partition coefficient (Wildman–Crippen LogP) is 3.63. The van der Waals surface area contributed by atoms with Crippen LogP contribution < -0.4 is 9.47 Å². The number of carbonyl (C=O) groups excluding carboxylic acids is 2. The van der Waals surface area contributed by atoms with Crippen LogP contribution in [0.3, 0.4) is 0 Å². The van der Waals surface area contributed by atoms with Gasteiger partial charge in [0.2, 0.25) is 0 Å². The number of hydrogen-bond donors (Lipinski definition) is 0. The first kappa shape index (κ1) is 21.9. The minimum Gasteiger partial charge on any atom is -0.490 e. The molecule has 2 amide bonds. The molecule has 0 radical (unpaired) electrons. The zero-order valence-electron chi connectivity index (χ0n) is 16.8. The molecular weight excluding hydrogens is 411 g/mol. The molecule has 8 heteroatoms. The van der Waals surface area contributed by atoms with E-state index in [4.69, 9.17) is 21.1 Å². The van der Waals surface area contributed by atoms with E-state index in [9.17, 15) is 14.0 Å². The summed E-state index contributed by atoms with van der Waals surface area (Å²) in [5, 5.41) is 0.0820. The second kappa shape index (κ2) is 10.3. The zero-order valence-corrected chi connectivity index (χ0v) is 17.5. The maximum Gasteiger partial charge on any atom is 0.260 e. The Kier molecular flexibility index (Phi) is 7.52. The number of benzene rings is 2. The first-order chi connectivity index (χ1) is 14.5. The molecule has 0 aromatic heterocycles. The average molecular weight is 435 g/mol. The summed E-state index contributed by atoms with van der Waals surface area (Å²) in [6.07, 6.45) is 0.582. The lowest BCUT2D eigenvalue weighted by Crippen LogP contribution is -2.39. The first-order valence-electron chi connectivity index (χ1n) is 9.87. The summed E-state index contributed by atoms with van der Waals surface area (Å²) in [6, 6.07) is 11.3. The molecule has 3 rings (SSSR count). The van der Waals surface area contributed by atoms with Gasteiger partial charge in [0.05, 0.1) is 17.2 Å². The van der Waals surface area contributed by atoms with Gasteiger partial charge < -0.3 is 19.3 Å². The molecule has 1 saturated heterocycles. The molecule has 1 aliphatic heterocycles. The van der Waals surface area contributed by atoms with E-state index in [-0.39, 0.29) is 23.1 Å². The smallest absolute Gasteiger partial charge is 0.260 e. The number of nitrogens with zero attached hydrogens (tertiary/aromatic N) is 2. The molecule has 1 fully saturated rings. The largest absolute Gasteiger partial charge is 0.490 e. The van der Waals surface area contributed by atoms with Crippen LogP contribution in [0, 0.1) is 5.82 Å². The molecule has 0 unspecified atom stereocenters. The van der Waals surface area contributed by atoms with Gasteiger partial charge >= 0.3 is 0 Å². The molecule has 2 aromatic rings. The molecule has 0 saturated carbocycles. The van der Waals surface area contributed by atoms with Crippen molar-refractivity contribution in [3.05, 3.63) is 58.9 Å². The van der Waals surface area contributed by atoms with Crippen molar-refractivity contribution in [2.45, 2.75) is 13.3 Å². The van der Waals surface area contributed by atoms with Gasteiger partial charge in [-0.3, -0.25) is 9.59 Å². The molecule has 6 nitrogen and oxygen atoms in total. The van der Waals surface area contributed by atoms with Gasteiger partial charge in [-0.1, -0.05) is 29.8 Å². The van der Waals surface area contributed by atoms with Gasteiger partial charge in [-0.2, -0.15) is 0 Å². The Balaban J connectivity index is 1.58. The number of hydrogen-bond acceptors (Lipinski definition) is 4. The molecule has 1 heterocycles. The van der Waals surface area contributed by atoms with Crippen LogP contribution in [0.25, 0.3) is 0 Å². The SMILES string of the molecule is CCOc1ccccc1OCC(=O)N1CCCN(C(=O)c2c(F)cccc2Cl)CC1. The second-order valence-electron chi connectivity index (χ2n) is 6.79. The van der Waals surface area contributed by atoms with Crippen molar-refractivity contribution >= 4 is 23.4 Å². The number of para-hydroxylation sites is 2. The van der Waals surface area contributed by atoms with Crippen molar-refractivity contribution in [1.29, 1.82) is 0 Å². The third kappa shape index (κ3) is 5.21. The van der Waals surface area contributed by atoms with E-state index in [2.05, 4.69) is 0 Å². The van der Waals surface area contributed by atoms with Gasteiger partial charge in [-0.05, 0) is 37.6 Å². The summed E-state index contributed by atoms with van der Waals surface area (Å²) in [4.78, 5) is 28.5. The van der Waals surface area contributed by atoms with Crippen molar-refractivity contribution in [2.24, 2.45) is 0 Å². The van der Waals surface area contributed by atoms with Gasteiger partial charge in [0, 0.05) is 26.2 Å². The molecule has 160 valence electrons. The Morgan fingerprint density at radius 3 is 2.33 bits per heavy atom. The normalized spacial score (nSPS) is 14.2. The van der Waals surface area contributed by atoms with E-state index in [1.807, 2.05) is 19.1 Å². The number of carbonyl (C=O) groups is 2. The van der Waals surface area contributed by atoms with Crippen molar-refractivity contribution in [3.8, 4) is 11.5 Å². The average Bonchev–Trinajstić information content (AvgIpc) is 2.99. The van der Waals surface area contributed by atoms with Crippen LogP contribution in [-0.4, -0.2) is 61.0 Å². The standard InChI is InChI=1S/C22H24ClFN2O4/c1-2-29-18-9-3-4-10-19(18)30-15-20(27)25-11-6-12-26(14-13-25)22(28)21-16(23)7-5-8-17(21)24/h3-5,7-10H,2,6,11-15H2,1H3. The predicted molar refractivity (Wildman–Crippen MR) is 112 cm³/mol. The van der Waals surface area contributed by atoms with Crippen LogP contribution in [0.5, 0.6) is 11.5 Å². The molecule has 0 spiro atoms. The summed E-state index contributed by atoms with van der Waals surface area (Å²) >= 11 is 6.02. The summed E-state index contributed by atoms with van der Waals surface area (Å²) in [7, 11) is 0. The first-order valence-corrected chi connectivity index (χ1v) is 10.2. The van der Waals surface area contributed by atoms with Crippen LogP contribution >= 0.6 is 11.6 Å². The molecule has 30 heavy (non-hydrogen) atoms. The van der Waals surface area contributed by atoms with Gasteiger partial charge in [-0.15, -0.1) is 0 Å². The van der Waals surface area contributed by atoms with Crippen molar-refractivity contribution in [1.82, 2.24) is 9.80 Å². The van der Waals surface area contributed by atoms with Crippen molar-refractivity contribution in [2.75, 3.05) is 39.4 Å². The third-order valence-electron chi connectivity index (χ3n) is 4.81. The Hall–Kier alpha value is -2.80. The molecule has 0 aliphatic carbocycles. The zero-order chi connectivity index (χ0) is 21.5. The third-order valence-corrected chi connectivity index (χ3v) is 5.13. The van der Waals surface area contributed by atoms with E-state index in [0.29, 0.717) is 50.7 Å². The number of rotatable bonds is 6. The summed E-state index contributed by atoms with van der Waals surface area (Å²) < 4.78 is 25.2. The molecule has 0 atom stereocenters. The summed E-state index contributed by atoms with van der Waals surface area (Å²) in [6.45, 7) is 3.79. The lowest BCUT2D eigenvalue weighted by atomic mass is 10.1. The van der Waals surface area contributed by atoms with Crippen molar-refractivity contribution < 1.29 is 23.5 Å². The summed E-state index contributed by atoms with van der Waals surface area (Å²) in [5.41, 5.74) is -0.130. The highest BCUT2D eigenvalue weighted by Crippen LogP contribution is 2.26. The Labute approximate surface area is 180 Å². The Bertz CT molecular complexity index is 888. The maximum absolute atomic E-state index is 14.1. The van der Waals surface area contributed by atoms with Crippen LogP contribution in [0.2, 0.25) is 5.02 Å². The van der Waals surface area contributed by atoms with Crippen molar-refractivity contribution in [3.63, 3.8) is 0 Å². The molecule has 2 aromatic carbocycles. The highest BCUT2D eigenvalue weighted by atomic mass is 35.5. The Morgan fingerprint density at radius 2 is 1.63 bits per heavy atom. The molecule has 0 N–H and O–H groups in total. The van der Waals surface area contributed by atoms with Gasteiger partial charge in [-0.25, -0.2) is 4.39 Å². The van der Waals surface area contributed by atoms with Gasteiger partial charge in [0.15, 0.2) is 18.1 Å². The fourth-order valence-corrected chi connectivity index (χ4v) is 3.55. The second-order valence-corrected chi connectivity index (χ2v) is 7.20. The highest BCUT2D eigenvalue weighted by Gasteiger charge is 2.26. The number of amides is 2. The van der Waals surface area contributed by atoms with E-state index >= 15 is 0 Å². The van der Waals surface area contributed by atoms with E-state index in [1.165, 1.54) is 23.1 Å². The van der Waals surface area contributed by atoms with Gasteiger partial charge in [0.25, 0.3) is 11.8 Å². The number of ether oxygens (including phenoxy) is 2. The maximum atomic E-state index is 14.1. The molecule has 0 bridgehead atoms. The van der Waals surface area contributed by atoms with Crippen LogP contribution in [0.4, 0.5) is 4.39 Å². The van der Waals surface area contributed by atoms with E-state index in [1.54, 1.807) is 17.0 Å². The number of halogens is 2.